The van der Waals surface area contributed by atoms with Crippen molar-refractivity contribution in [3.63, 3.8) is 0 Å². The van der Waals surface area contributed by atoms with Crippen LogP contribution in [0.1, 0.15) is 46.1 Å². The van der Waals surface area contributed by atoms with Gasteiger partial charge in [-0.3, -0.25) is 4.79 Å². The third-order valence-corrected chi connectivity index (χ3v) is 2.94. The summed E-state index contributed by atoms with van der Waals surface area (Å²) in [5.41, 5.74) is 7.76. The van der Waals surface area contributed by atoms with Crippen molar-refractivity contribution >= 4 is 11.6 Å². The Hall–Kier alpha value is -1.51. The molecule has 0 fully saturated rings. The molecule has 0 aliphatic rings. The van der Waals surface area contributed by atoms with E-state index in [1.54, 1.807) is 0 Å². The van der Waals surface area contributed by atoms with Crippen LogP contribution in [0.5, 0.6) is 0 Å². The Balaban J connectivity index is 2.78. The molecule has 3 heteroatoms. The topological polar surface area (TPSA) is 46.3 Å². The second-order valence-corrected chi connectivity index (χ2v) is 6.25. The standard InChI is InChI=1S/C16H26N2O/c1-5-10-18(15(19)11-16(2,3)4)12-13-8-6-7-9-14(13)17/h6-9H,5,10-12,17H2,1-4H3. The van der Waals surface area contributed by atoms with Crippen molar-refractivity contribution in [1.29, 1.82) is 0 Å². The van der Waals surface area contributed by atoms with Crippen molar-refractivity contribution in [2.75, 3.05) is 12.3 Å². The van der Waals surface area contributed by atoms with E-state index in [-0.39, 0.29) is 11.3 Å². The number of nitrogen functional groups attached to an aromatic ring is 1. The molecule has 0 aliphatic heterocycles. The lowest BCUT2D eigenvalue weighted by atomic mass is 9.91. The van der Waals surface area contributed by atoms with Gasteiger partial charge in [-0.25, -0.2) is 0 Å². The van der Waals surface area contributed by atoms with Crippen LogP contribution in [0.25, 0.3) is 0 Å². The smallest absolute Gasteiger partial charge is 0.223 e. The zero-order chi connectivity index (χ0) is 14.5. The summed E-state index contributed by atoms with van der Waals surface area (Å²) in [6.45, 7) is 9.74. The van der Waals surface area contributed by atoms with Gasteiger partial charge in [0.2, 0.25) is 5.91 Å². The highest BCUT2D eigenvalue weighted by Crippen LogP contribution is 2.21. The van der Waals surface area contributed by atoms with Crippen LogP contribution in [-0.4, -0.2) is 17.4 Å². The molecule has 1 aromatic rings. The molecule has 0 heterocycles. The number of nitrogens with two attached hydrogens (primary N) is 1. The maximum atomic E-state index is 12.3. The second kappa shape index (κ2) is 6.60. The van der Waals surface area contributed by atoms with Crippen molar-refractivity contribution in [3.8, 4) is 0 Å². The van der Waals surface area contributed by atoms with Crippen LogP contribution in [0.4, 0.5) is 5.69 Å². The second-order valence-electron chi connectivity index (χ2n) is 6.25. The summed E-state index contributed by atoms with van der Waals surface area (Å²) >= 11 is 0. The molecular weight excluding hydrogens is 236 g/mol. The Morgan fingerprint density at radius 2 is 1.89 bits per heavy atom. The minimum atomic E-state index is 0.0192. The third kappa shape index (κ3) is 5.33. The molecule has 1 aromatic carbocycles. The molecule has 0 aromatic heterocycles. The van der Waals surface area contributed by atoms with Gasteiger partial charge in [-0.15, -0.1) is 0 Å². The summed E-state index contributed by atoms with van der Waals surface area (Å²) in [7, 11) is 0. The van der Waals surface area contributed by atoms with Crippen molar-refractivity contribution < 1.29 is 4.79 Å². The van der Waals surface area contributed by atoms with E-state index in [4.69, 9.17) is 5.73 Å². The Bertz CT molecular complexity index is 421. The molecule has 0 spiro atoms. The van der Waals surface area contributed by atoms with Crippen LogP contribution >= 0.6 is 0 Å². The van der Waals surface area contributed by atoms with E-state index < -0.39 is 0 Å². The van der Waals surface area contributed by atoms with Crippen LogP contribution in [-0.2, 0) is 11.3 Å². The van der Waals surface area contributed by atoms with E-state index >= 15 is 0 Å². The lowest BCUT2D eigenvalue weighted by molar-refractivity contribution is -0.133. The predicted octanol–water partition coefficient (Wildman–Crippen LogP) is 3.44. The molecule has 0 saturated carbocycles. The zero-order valence-corrected chi connectivity index (χ0v) is 12.6. The number of nitrogens with zero attached hydrogens (tertiary/aromatic N) is 1. The average molecular weight is 262 g/mol. The number of anilines is 1. The van der Waals surface area contributed by atoms with Gasteiger partial charge >= 0.3 is 0 Å². The van der Waals surface area contributed by atoms with E-state index in [2.05, 4.69) is 27.7 Å². The number of carbonyl (C=O) groups excluding carboxylic acids is 1. The van der Waals surface area contributed by atoms with E-state index in [0.29, 0.717) is 13.0 Å². The van der Waals surface area contributed by atoms with Crippen LogP contribution < -0.4 is 5.73 Å². The van der Waals surface area contributed by atoms with Gasteiger partial charge in [0.1, 0.15) is 0 Å². The number of rotatable bonds is 5. The number of hydrogen-bond acceptors (Lipinski definition) is 2. The quantitative estimate of drug-likeness (QED) is 0.826. The Morgan fingerprint density at radius 3 is 2.42 bits per heavy atom. The zero-order valence-electron chi connectivity index (χ0n) is 12.6. The molecule has 0 radical (unpaired) electrons. The minimum absolute atomic E-state index is 0.0192. The highest BCUT2D eigenvalue weighted by atomic mass is 16.2. The minimum Gasteiger partial charge on any atom is -0.398 e. The fourth-order valence-corrected chi connectivity index (χ4v) is 2.01. The van der Waals surface area contributed by atoms with E-state index in [1.165, 1.54) is 0 Å². The fraction of sp³-hybridized carbons (Fsp3) is 0.562. The summed E-state index contributed by atoms with van der Waals surface area (Å²) in [6, 6.07) is 7.75. The van der Waals surface area contributed by atoms with Gasteiger partial charge in [0.15, 0.2) is 0 Å². The molecule has 106 valence electrons. The van der Waals surface area contributed by atoms with Crippen LogP contribution in [0.15, 0.2) is 24.3 Å². The maximum Gasteiger partial charge on any atom is 0.223 e. The Morgan fingerprint density at radius 1 is 1.26 bits per heavy atom. The number of hydrogen-bond donors (Lipinski definition) is 1. The van der Waals surface area contributed by atoms with E-state index in [9.17, 15) is 4.79 Å². The summed E-state index contributed by atoms with van der Waals surface area (Å²) < 4.78 is 0. The monoisotopic (exact) mass is 262 g/mol. The van der Waals surface area contributed by atoms with Crippen molar-refractivity contribution in [1.82, 2.24) is 4.90 Å². The molecule has 1 rings (SSSR count). The molecule has 0 bridgehead atoms. The molecule has 0 aliphatic carbocycles. The highest BCUT2D eigenvalue weighted by Gasteiger charge is 2.21. The first-order valence-corrected chi connectivity index (χ1v) is 6.94. The number of benzene rings is 1. The van der Waals surface area contributed by atoms with Gasteiger partial charge in [0.05, 0.1) is 0 Å². The summed E-state index contributed by atoms with van der Waals surface area (Å²) in [5.74, 6) is 0.206. The molecule has 19 heavy (non-hydrogen) atoms. The summed E-state index contributed by atoms with van der Waals surface area (Å²) in [4.78, 5) is 14.3. The fourth-order valence-electron chi connectivity index (χ4n) is 2.01. The number of amides is 1. The van der Waals surface area contributed by atoms with Crippen LogP contribution in [0.2, 0.25) is 0 Å². The first-order valence-electron chi connectivity index (χ1n) is 6.94. The molecule has 3 nitrogen and oxygen atoms in total. The molecule has 0 saturated heterocycles. The number of carbonyl (C=O) groups is 1. The Kier molecular flexibility index (Phi) is 5.40. The lowest BCUT2D eigenvalue weighted by Crippen LogP contribution is -2.34. The van der Waals surface area contributed by atoms with Gasteiger partial charge < -0.3 is 10.6 Å². The molecule has 0 unspecified atom stereocenters. The summed E-state index contributed by atoms with van der Waals surface area (Å²) in [5, 5.41) is 0. The Labute approximate surface area is 116 Å². The highest BCUT2D eigenvalue weighted by molar-refractivity contribution is 5.77. The van der Waals surface area contributed by atoms with E-state index in [1.807, 2.05) is 29.2 Å². The van der Waals surface area contributed by atoms with Gasteiger partial charge in [0.25, 0.3) is 0 Å². The van der Waals surface area contributed by atoms with Gasteiger partial charge in [-0.2, -0.15) is 0 Å². The van der Waals surface area contributed by atoms with Gasteiger partial charge in [0, 0.05) is 25.2 Å². The molecule has 1 amide bonds. The van der Waals surface area contributed by atoms with Gasteiger partial charge in [-0.05, 0) is 23.5 Å². The lowest BCUT2D eigenvalue weighted by Gasteiger charge is -2.27. The predicted molar refractivity (Wildman–Crippen MR) is 80.6 cm³/mol. The molecular formula is C16H26N2O. The van der Waals surface area contributed by atoms with E-state index in [0.717, 1.165) is 24.2 Å². The molecule has 0 atom stereocenters. The van der Waals surface area contributed by atoms with Gasteiger partial charge in [-0.1, -0.05) is 45.9 Å². The van der Waals surface area contributed by atoms with Crippen LogP contribution in [0.3, 0.4) is 0 Å². The van der Waals surface area contributed by atoms with Crippen molar-refractivity contribution in [2.24, 2.45) is 5.41 Å². The SMILES string of the molecule is CCCN(Cc1ccccc1N)C(=O)CC(C)(C)C. The third-order valence-electron chi connectivity index (χ3n) is 2.94. The number of para-hydroxylation sites is 1. The van der Waals surface area contributed by atoms with Crippen molar-refractivity contribution in [3.05, 3.63) is 29.8 Å². The first kappa shape index (κ1) is 15.5. The largest absolute Gasteiger partial charge is 0.398 e. The van der Waals surface area contributed by atoms with Crippen molar-refractivity contribution in [2.45, 2.75) is 47.1 Å². The average Bonchev–Trinajstić information content (AvgIpc) is 2.29. The maximum absolute atomic E-state index is 12.3. The summed E-state index contributed by atoms with van der Waals surface area (Å²) in [6.07, 6.45) is 1.53. The first-order chi connectivity index (χ1) is 8.83. The van der Waals surface area contributed by atoms with Crippen LogP contribution in [0, 0.1) is 5.41 Å². The molecule has 2 N–H and O–H groups in total. The normalized spacial score (nSPS) is 11.4.